The van der Waals surface area contributed by atoms with Crippen LogP contribution in [0.3, 0.4) is 0 Å². The number of hydrogen-bond donors (Lipinski definition) is 3. The summed E-state index contributed by atoms with van der Waals surface area (Å²) in [5.74, 6) is -0.601. The summed E-state index contributed by atoms with van der Waals surface area (Å²) in [6.45, 7) is 10.6. The largest absolute Gasteiger partial charge is 0.481 e. The minimum Gasteiger partial charge on any atom is -0.481 e. The summed E-state index contributed by atoms with van der Waals surface area (Å²) in [4.78, 5) is 20.4. The van der Waals surface area contributed by atoms with Crippen LogP contribution in [0.4, 0.5) is 0 Å². The number of rotatable bonds is 4. The lowest BCUT2D eigenvalue weighted by atomic mass is 10.2. The molecular formula is C13H27N5O5S. The molecule has 1 amide bonds. The van der Waals surface area contributed by atoms with Crippen molar-refractivity contribution in [2.24, 2.45) is 11.8 Å². The normalized spacial score (nSPS) is 10.6. The second-order valence-electron chi connectivity index (χ2n) is 5.81. The quantitative estimate of drug-likeness (QED) is 0.706. The third kappa shape index (κ3) is 14.9. The number of nitrogens with one attached hydrogen (secondary N) is 2. The summed E-state index contributed by atoms with van der Waals surface area (Å²) in [7, 11) is -3.37. The molecule has 0 fully saturated rings. The van der Waals surface area contributed by atoms with Crippen LogP contribution in [0.15, 0.2) is 0 Å². The van der Waals surface area contributed by atoms with Gasteiger partial charge in [0.05, 0.1) is 12.2 Å². The monoisotopic (exact) mass is 365 g/mol. The van der Waals surface area contributed by atoms with Crippen molar-refractivity contribution in [1.82, 2.24) is 25.3 Å². The van der Waals surface area contributed by atoms with Crippen LogP contribution in [0.5, 0.6) is 0 Å². The van der Waals surface area contributed by atoms with Crippen molar-refractivity contribution in [2.75, 3.05) is 6.26 Å². The zero-order chi connectivity index (χ0) is 19.5. The van der Waals surface area contributed by atoms with E-state index < -0.39 is 21.9 Å². The van der Waals surface area contributed by atoms with Gasteiger partial charge in [0.25, 0.3) is 0 Å². The van der Waals surface area contributed by atoms with Gasteiger partial charge in [-0.05, 0) is 0 Å². The fourth-order valence-corrected chi connectivity index (χ4v) is 1.32. The minimum atomic E-state index is -3.37. The molecule has 11 heteroatoms. The molecule has 0 aliphatic rings. The molecule has 0 aliphatic heterocycles. The summed E-state index contributed by atoms with van der Waals surface area (Å²) in [5.41, 5.74) is 0. The molecule has 0 aromatic carbocycles. The van der Waals surface area contributed by atoms with E-state index in [2.05, 4.69) is 20.6 Å². The van der Waals surface area contributed by atoms with Gasteiger partial charge in [-0.1, -0.05) is 46.8 Å². The Kier molecular flexibility index (Phi) is 11.6. The van der Waals surface area contributed by atoms with Crippen LogP contribution < -0.4 is 4.72 Å². The molecule has 24 heavy (non-hydrogen) atoms. The number of aromatic amines is 1. The van der Waals surface area contributed by atoms with Crippen LogP contribution in [-0.4, -0.2) is 52.3 Å². The Balaban J connectivity index is 0. The van der Waals surface area contributed by atoms with Gasteiger partial charge in [-0.2, -0.15) is 5.21 Å². The zero-order valence-corrected chi connectivity index (χ0v) is 15.9. The fourth-order valence-electron chi connectivity index (χ4n) is 0.715. The van der Waals surface area contributed by atoms with Crippen molar-refractivity contribution in [3.63, 3.8) is 0 Å². The first-order valence-corrected chi connectivity index (χ1v) is 9.14. The van der Waals surface area contributed by atoms with E-state index in [0.717, 1.165) is 12.1 Å². The molecule has 0 bridgehead atoms. The number of aromatic nitrogens is 4. The van der Waals surface area contributed by atoms with Gasteiger partial charge in [-0.15, -0.1) is 10.2 Å². The summed E-state index contributed by atoms with van der Waals surface area (Å²) < 4.78 is 22.7. The first-order chi connectivity index (χ1) is 10.8. The van der Waals surface area contributed by atoms with Crippen LogP contribution in [0, 0.1) is 11.8 Å². The van der Waals surface area contributed by atoms with Crippen LogP contribution in [0.2, 0.25) is 0 Å². The maximum Gasteiger partial charge on any atom is 0.305 e. The molecule has 0 aliphatic carbocycles. The smallest absolute Gasteiger partial charge is 0.305 e. The Morgan fingerprint density at radius 1 is 1.08 bits per heavy atom. The van der Waals surface area contributed by atoms with Crippen molar-refractivity contribution in [3.8, 4) is 0 Å². The molecule has 140 valence electrons. The lowest BCUT2D eigenvalue weighted by molar-refractivity contribution is -0.140. The topological polar surface area (TPSA) is 155 Å². The molecule has 0 spiro atoms. The number of aliphatic carboxylic acids is 1. The predicted octanol–water partition coefficient (Wildman–Crippen LogP) is 0.768. The van der Waals surface area contributed by atoms with E-state index in [1.165, 1.54) is 0 Å². The number of carboxylic acids is 1. The highest BCUT2D eigenvalue weighted by Crippen LogP contribution is 2.03. The van der Waals surface area contributed by atoms with Crippen molar-refractivity contribution in [2.45, 2.75) is 47.5 Å². The lowest BCUT2D eigenvalue weighted by Gasteiger charge is -2.03. The molecule has 1 aromatic heterocycles. The number of carbonyl (C=O) groups is 2. The van der Waals surface area contributed by atoms with E-state index in [4.69, 9.17) is 5.11 Å². The highest BCUT2D eigenvalue weighted by Gasteiger charge is 2.10. The van der Waals surface area contributed by atoms with Gasteiger partial charge in [0.15, 0.2) is 5.82 Å². The number of hydrogen-bond acceptors (Lipinski definition) is 7. The Labute approximate surface area is 142 Å². The molecule has 1 rings (SSSR count). The molecule has 10 nitrogen and oxygen atoms in total. The number of H-pyrrole nitrogens is 1. The molecule has 1 heterocycles. The van der Waals surface area contributed by atoms with Crippen molar-refractivity contribution in [1.29, 1.82) is 0 Å². The van der Waals surface area contributed by atoms with E-state index in [-0.39, 0.29) is 11.8 Å². The average Bonchev–Trinajstić information content (AvgIpc) is 2.91. The van der Waals surface area contributed by atoms with Gasteiger partial charge in [0, 0.05) is 11.8 Å². The third-order valence-electron chi connectivity index (χ3n) is 2.18. The van der Waals surface area contributed by atoms with Gasteiger partial charge in [-0.3, -0.25) is 14.3 Å². The first kappa shape index (κ1) is 24.2. The van der Waals surface area contributed by atoms with Crippen LogP contribution in [0.1, 0.15) is 53.3 Å². The summed E-state index contributed by atoms with van der Waals surface area (Å²) in [6, 6.07) is 0. The Morgan fingerprint density at radius 3 is 1.67 bits per heavy atom. The van der Waals surface area contributed by atoms with E-state index >= 15 is 0 Å². The number of sulfonamides is 1. The van der Waals surface area contributed by atoms with E-state index in [0.29, 0.717) is 5.92 Å². The minimum absolute atomic E-state index is 0.231. The van der Waals surface area contributed by atoms with Gasteiger partial charge in [0.2, 0.25) is 15.9 Å². The Bertz CT molecular complexity index is 582. The first-order valence-electron chi connectivity index (χ1n) is 7.25. The maximum atomic E-state index is 10.7. The third-order valence-corrected chi connectivity index (χ3v) is 2.75. The number of tetrazole rings is 1. The number of carbonyl (C=O) groups excluding carboxylic acids is 1. The van der Waals surface area contributed by atoms with Gasteiger partial charge >= 0.3 is 5.97 Å². The Morgan fingerprint density at radius 2 is 1.54 bits per heavy atom. The second-order valence-corrected chi connectivity index (χ2v) is 7.56. The predicted molar refractivity (Wildman–Crippen MR) is 88.6 cm³/mol. The van der Waals surface area contributed by atoms with Crippen LogP contribution in [-0.2, 0) is 19.6 Å². The maximum absolute atomic E-state index is 10.7. The molecule has 0 saturated carbocycles. The lowest BCUT2D eigenvalue weighted by Crippen LogP contribution is -2.32. The van der Waals surface area contributed by atoms with Crippen molar-refractivity contribution < 1.29 is 23.1 Å². The molecular weight excluding hydrogens is 338 g/mol. The van der Waals surface area contributed by atoms with E-state index in [9.17, 15) is 18.0 Å². The number of carboxylic acid groups (broad SMARTS) is 1. The summed E-state index contributed by atoms with van der Waals surface area (Å²) in [6.07, 6.45) is 0.952. The molecule has 0 saturated heterocycles. The number of nitrogens with zero attached hydrogens (tertiary/aromatic N) is 3. The van der Waals surface area contributed by atoms with Crippen LogP contribution in [0.25, 0.3) is 0 Å². The summed E-state index contributed by atoms with van der Waals surface area (Å²) in [5, 5.41) is 21.3. The Hall–Kier alpha value is -2.04. The molecule has 0 unspecified atom stereocenters. The van der Waals surface area contributed by atoms with Crippen molar-refractivity contribution in [3.05, 3.63) is 5.82 Å². The summed E-state index contributed by atoms with van der Waals surface area (Å²) >= 11 is 0. The highest BCUT2D eigenvalue weighted by molar-refractivity contribution is 7.89. The van der Waals surface area contributed by atoms with Crippen LogP contribution >= 0.6 is 0 Å². The highest BCUT2D eigenvalue weighted by atomic mass is 32.2. The molecule has 0 radical (unpaired) electrons. The molecule has 0 atom stereocenters. The SMILES string of the molecule is CC(C)C(=O)NS(C)(=O)=O.CC(C)C(=O)O.CC(C)c1nn[nH]n1. The van der Waals surface area contributed by atoms with Gasteiger partial charge < -0.3 is 5.11 Å². The standard InChI is InChI=1S/C5H11NO3S.C4H8N4.C4H8O2/c1-4(2)5(7)6-10(3,8)9;1-3(2)4-5-7-8-6-4;1-3(2)4(5)6/h4H,1-3H3,(H,6,7);3H,1-2H3,(H,5,6,7,8);3H,1-2H3,(H,5,6). The molecule has 1 aromatic rings. The second kappa shape index (κ2) is 11.5. The average molecular weight is 365 g/mol. The molecule has 3 N–H and O–H groups in total. The van der Waals surface area contributed by atoms with Crippen molar-refractivity contribution >= 4 is 21.9 Å². The van der Waals surface area contributed by atoms with E-state index in [1.807, 2.05) is 18.6 Å². The zero-order valence-electron chi connectivity index (χ0n) is 15.1. The number of amides is 1. The van der Waals surface area contributed by atoms with E-state index in [1.54, 1.807) is 27.7 Å². The fraction of sp³-hybridized carbons (Fsp3) is 0.769. The van der Waals surface area contributed by atoms with Gasteiger partial charge in [-0.25, -0.2) is 8.42 Å². The van der Waals surface area contributed by atoms with Gasteiger partial charge in [0.1, 0.15) is 0 Å².